The molecular formula is C14H19N3O2. The number of likely N-dealkylation sites (N-methyl/N-ethyl adjacent to an activating group) is 1. The molecule has 1 heterocycles. The van der Waals surface area contributed by atoms with Gasteiger partial charge in [0.15, 0.2) is 0 Å². The maximum Gasteiger partial charge on any atom is 0.311 e. The molecule has 0 radical (unpaired) electrons. The number of carbonyl (C=O) groups is 2. The maximum absolute atomic E-state index is 11.9. The lowest BCUT2D eigenvalue weighted by Gasteiger charge is -2.31. The Bertz CT molecular complexity index is 439. The van der Waals surface area contributed by atoms with Crippen molar-refractivity contribution in [2.45, 2.75) is 6.54 Å². The van der Waals surface area contributed by atoms with E-state index in [2.05, 4.69) is 10.2 Å². The quantitative estimate of drug-likeness (QED) is 0.767. The summed E-state index contributed by atoms with van der Waals surface area (Å²) in [5.74, 6) is -0.947. The lowest BCUT2D eigenvalue weighted by molar-refractivity contribution is -0.146. The molecule has 1 saturated heterocycles. The summed E-state index contributed by atoms with van der Waals surface area (Å²) in [4.78, 5) is 27.5. The van der Waals surface area contributed by atoms with Gasteiger partial charge in [0, 0.05) is 32.7 Å². The van der Waals surface area contributed by atoms with Crippen molar-refractivity contribution in [1.29, 1.82) is 0 Å². The molecule has 5 nitrogen and oxygen atoms in total. The van der Waals surface area contributed by atoms with Gasteiger partial charge >= 0.3 is 11.8 Å². The van der Waals surface area contributed by atoms with Crippen molar-refractivity contribution in [3.05, 3.63) is 35.9 Å². The molecule has 0 aromatic heterocycles. The van der Waals surface area contributed by atoms with E-state index in [-0.39, 0.29) is 0 Å². The first kappa shape index (κ1) is 13.5. The van der Waals surface area contributed by atoms with Crippen LogP contribution >= 0.6 is 0 Å². The fourth-order valence-corrected chi connectivity index (χ4v) is 2.01. The fourth-order valence-electron chi connectivity index (χ4n) is 2.01. The van der Waals surface area contributed by atoms with Crippen molar-refractivity contribution in [3.63, 3.8) is 0 Å². The van der Waals surface area contributed by atoms with E-state index < -0.39 is 11.8 Å². The third-order valence-electron chi connectivity index (χ3n) is 3.28. The number of nitrogens with one attached hydrogen (secondary N) is 1. The molecule has 19 heavy (non-hydrogen) atoms. The molecule has 1 aliphatic rings. The highest BCUT2D eigenvalue weighted by Gasteiger charge is 2.24. The molecule has 102 valence electrons. The summed E-state index contributed by atoms with van der Waals surface area (Å²) in [7, 11) is 2.01. The number of rotatable bonds is 2. The van der Waals surface area contributed by atoms with Crippen LogP contribution in [0.3, 0.4) is 0 Å². The zero-order valence-corrected chi connectivity index (χ0v) is 11.1. The van der Waals surface area contributed by atoms with Crippen LogP contribution in [0.5, 0.6) is 0 Å². The van der Waals surface area contributed by atoms with Gasteiger partial charge in [-0.1, -0.05) is 30.3 Å². The van der Waals surface area contributed by atoms with E-state index in [0.29, 0.717) is 19.6 Å². The molecule has 0 aliphatic carbocycles. The molecule has 1 aromatic rings. The third kappa shape index (κ3) is 3.79. The van der Waals surface area contributed by atoms with Crippen molar-refractivity contribution >= 4 is 11.8 Å². The minimum absolute atomic E-state index is 0.388. The van der Waals surface area contributed by atoms with Gasteiger partial charge < -0.3 is 15.1 Å². The van der Waals surface area contributed by atoms with Gasteiger partial charge in [0.2, 0.25) is 0 Å². The molecule has 1 aromatic carbocycles. The predicted molar refractivity (Wildman–Crippen MR) is 72.4 cm³/mol. The zero-order valence-electron chi connectivity index (χ0n) is 11.1. The van der Waals surface area contributed by atoms with E-state index in [4.69, 9.17) is 0 Å². The summed E-state index contributed by atoms with van der Waals surface area (Å²) >= 11 is 0. The first-order chi connectivity index (χ1) is 9.16. The largest absolute Gasteiger partial charge is 0.344 e. The van der Waals surface area contributed by atoms with Crippen LogP contribution in [-0.4, -0.2) is 54.8 Å². The smallest absolute Gasteiger partial charge is 0.311 e. The Morgan fingerprint density at radius 3 is 2.37 bits per heavy atom. The predicted octanol–water partition coefficient (Wildman–Crippen LogP) is 0.0768. The van der Waals surface area contributed by atoms with Gasteiger partial charge in [0.05, 0.1) is 0 Å². The lowest BCUT2D eigenvalue weighted by Crippen LogP contribution is -2.51. The summed E-state index contributed by atoms with van der Waals surface area (Å²) < 4.78 is 0. The first-order valence-electron chi connectivity index (χ1n) is 6.46. The Balaban J connectivity index is 1.81. The van der Waals surface area contributed by atoms with Gasteiger partial charge in [-0.15, -0.1) is 0 Å². The molecule has 1 N–H and O–H groups in total. The molecule has 2 rings (SSSR count). The fraction of sp³-hybridized carbons (Fsp3) is 0.429. The van der Waals surface area contributed by atoms with E-state index in [9.17, 15) is 9.59 Å². The molecule has 0 unspecified atom stereocenters. The van der Waals surface area contributed by atoms with Crippen LogP contribution in [-0.2, 0) is 16.1 Å². The van der Waals surface area contributed by atoms with Crippen molar-refractivity contribution in [2.75, 3.05) is 33.2 Å². The maximum atomic E-state index is 11.9. The normalized spacial score (nSPS) is 16.2. The summed E-state index contributed by atoms with van der Waals surface area (Å²) in [6.07, 6.45) is 0. The first-order valence-corrected chi connectivity index (χ1v) is 6.46. The molecule has 5 heteroatoms. The molecule has 0 bridgehead atoms. The molecule has 1 fully saturated rings. The second kappa shape index (κ2) is 6.33. The molecule has 0 saturated carbocycles. The molecule has 2 amide bonds. The van der Waals surface area contributed by atoms with Gasteiger partial charge in [-0.3, -0.25) is 9.59 Å². The Kier molecular flexibility index (Phi) is 4.52. The van der Waals surface area contributed by atoms with E-state index in [1.165, 1.54) is 0 Å². The Morgan fingerprint density at radius 1 is 1.11 bits per heavy atom. The van der Waals surface area contributed by atoms with Crippen molar-refractivity contribution in [3.8, 4) is 0 Å². The topological polar surface area (TPSA) is 52.7 Å². The van der Waals surface area contributed by atoms with Crippen molar-refractivity contribution in [2.24, 2.45) is 0 Å². The molecule has 0 atom stereocenters. The second-order valence-corrected chi connectivity index (χ2v) is 4.76. The van der Waals surface area contributed by atoms with Crippen molar-refractivity contribution in [1.82, 2.24) is 15.1 Å². The van der Waals surface area contributed by atoms with E-state index in [1.807, 2.05) is 37.4 Å². The van der Waals surface area contributed by atoms with Gasteiger partial charge in [-0.05, 0) is 12.6 Å². The van der Waals surface area contributed by atoms with Gasteiger partial charge in [0.1, 0.15) is 0 Å². The molecule has 0 spiro atoms. The Hall–Kier alpha value is -1.88. The van der Waals surface area contributed by atoms with E-state index in [0.717, 1.165) is 18.7 Å². The minimum Gasteiger partial charge on any atom is -0.344 e. The monoisotopic (exact) mass is 261 g/mol. The number of benzene rings is 1. The van der Waals surface area contributed by atoms with E-state index in [1.54, 1.807) is 4.90 Å². The molecule has 1 aliphatic heterocycles. The van der Waals surface area contributed by atoms with Crippen LogP contribution in [0.1, 0.15) is 5.56 Å². The van der Waals surface area contributed by atoms with E-state index >= 15 is 0 Å². The zero-order chi connectivity index (χ0) is 13.7. The minimum atomic E-state index is -0.520. The van der Waals surface area contributed by atoms with Crippen LogP contribution < -0.4 is 5.32 Å². The van der Waals surface area contributed by atoms with Crippen LogP contribution in [0.2, 0.25) is 0 Å². The summed E-state index contributed by atoms with van der Waals surface area (Å²) in [5, 5.41) is 2.66. The number of amides is 2. The number of piperazine rings is 1. The van der Waals surface area contributed by atoms with Gasteiger partial charge in [-0.25, -0.2) is 0 Å². The highest BCUT2D eigenvalue weighted by Crippen LogP contribution is 2.01. The second-order valence-electron chi connectivity index (χ2n) is 4.76. The standard InChI is InChI=1S/C14H19N3O2/c1-16-7-9-17(10-8-16)14(19)13(18)15-11-12-5-3-2-4-6-12/h2-6H,7-11H2,1H3,(H,15,18). The highest BCUT2D eigenvalue weighted by atomic mass is 16.2. The van der Waals surface area contributed by atoms with Crippen molar-refractivity contribution < 1.29 is 9.59 Å². The highest BCUT2D eigenvalue weighted by molar-refractivity contribution is 6.34. The molecular weight excluding hydrogens is 242 g/mol. The lowest BCUT2D eigenvalue weighted by atomic mass is 10.2. The number of nitrogens with zero attached hydrogens (tertiary/aromatic N) is 2. The van der Waals surface area contributed by atoms with Gasteiger partial charge in [-0.2, -0.15) is 0 Å². The Labute approximate surface area is 113 Å². The average Bonchev–Trinajstić information content (AvgIpc) is 2.46. The Morgan fingerprint density at radius 2 is 1.74 bits per heavy atom. The summed E-state index contributed by atoms with van der Waals surface area (Å²) in [6.45, 7) is 3.26. The third-order valence-corrected chi connectivity index (χ3v) is 3.28. The number of hydrogen-bond donors (Lipinski definition) is 1. The van der Waals surface area contributed by atoms with Gasteiger partial charge in [0.25, 0.3) is 0 Å². The summed E-state index contributed by atoms with van der Waals surface area (Å²) in [6, 6.07) is 9.56. The SMILES string of the molecule is CN1CCN(C(=O)C(=O)NCc2ccccc2)CC1. The summed E-state index contributed by atoms with van der Waals surface area (Å²) in [5.41, 5.74) is 0.988. The van der Waals surface area contributed by atoms with Crippen LogP contribution in [0, 0.1) is 0 Å². The van der Waals surface area contributed by atoms with Crippen LogP contribution in [0.25, 0.3) is 0 Å². The average molecular weight is 261 g/mol. The van der Waals surface area contributed by atoms with Crippen LogP contribution in [0.4, 0.5) is 0 Å². The van der Waals surface area contributed by atoms with Crippen LogP contribution in [0.15, 0.2) is 30.3 Å². The number of hydrogen-bond acceptors (Lipinski definition) is 3. The number of carbonyl (C=O) groups excluding carboxylic acids is 2.